The van der Waals surface area contributed by atoms with Gasteiger partial charge in [-0.25, -0.2) is 0 Å². The summed E-state index contributed by atoms with van der Waals surface area (Å²) in [7, 11) is 0. The van der Waals surface area contributed by atoms with Crippen molar-refractivity contribution in [2.75, 3.05) is 6.54 Å². The predicted molar refractivity (Wildman–Crippen MR) is 97.3 cm³/mol. The highest BCUT2D eigenvalue weighted by Crippen LogP contribution is 2.08. The van der Waals surface area contributed by atoms with E-state index in [0.29, 0.717) is 6.54 Å². The summed E-state index contributed by atoms with van der Waals surface area (Å²) in [5, 5.41) is 20.6. The van der Waals surface area contributed by atoms with Crippen LogP contribution >= 0.6 is 0 Å². The summed E-state index contributed by atoms with van der Waals surface area (Å²) in [6.07, 6.45) is 16.4. The minimum absolute atomic E-state index is 0.114. The molecule has 0 aromatic rings. The first-order chi connectivity index (χ1) is 11.6. The number of allylic oxidation sites excluding steroid dienone is 2. The van der Waals surface area contributed by atoms with Crippen molar-refractivity contribution in [3.63, 3.8) is 0 Å². The molecule has 1 atom stereocenters. The van der Waals surface area contributed by atoms with Crippen LogP contribution in [-0.4, -0.2) is 34.7 Å². The molecule has 0 heterocycles. The van der Waals surface area contributed by atoms with Crippen LogP contribution in [0.2, 0.25) is 0 Å². The summed E-state index contributed by atoms with van der Waals surface area (Å²) < 4.78 is 0. The van der Waals surface area contributed by atoms with Gasteiger partial charge in [-0.2, -0.15) is 0 Å². The topological polar surface area (TPSA) is 86.6 Å². The van der Waals surface area contributed by atoms with Crippen molar-refractivity contribution in [1.29, 1.82) is 0 Å². The molecule has 0 spiro atoms. The molecule has 0 rings (SSSR count). The third-order valence-electron chi connectivity index (χ3n) is 4.02. The molecule has 0 aromatic carbocycles. The molecule has 0 radical (unpaired) electrons. The maximum atomic E-state index is 11.0. The zero-order chi connectivity index (χ0) is 18.0. The maximum Gasteiger partial charge on any atom is 0.320 e. The number of unbranched alkanes of at least 4 members (excludes halogenated alkanes) is 8. The van der Waals surface area contributed by atoms with E-state index in [1.165, 1.54) is 51.4 Å². The minimum Gasteiger partial charge on any atom is -0.481 e. The average Bonchev–Trinajstić information content (AvgIpc) is 2.54. The van der Waals surface area contributed by atoms with E-state index in [0.717, 1.165) is 12.8 Å². The first-order valence-corrected chi connectivity index (χ1v) is 9.41. The van der Waals surface area contributed by atoms with Gasteiger partial charge in [-0.1, -0.05) is 57.6 Å². The van der Waals surface area contributed by atoms with Gasteiger partial charge in [-0.15, -0.1) is 0 Å². The molecular weight excluding hydrogens is 306 g/mol. The Hall–Kier alpha value is -1.36. The van der Waals surface area contributed by atoms with Crippen LogP contribution in [0.4, 0.5) is 0 Å². The number of carboxylic acid groups (broad SMARTS) is 2. The van der Waals surface area contributed by atoms with Gasteiger partial charge in [0.05, 0.1) is 0 Å². The van der Waals surface area contributed by atoms with Gasteiger partial charge in [0.25, 0.3) is 0 Å². The Morgan fingerprint density at radius 2 is 1.50 bits per heavy atom. The first kappa shape index (κ1) is 22.6. The van der Waals surface area contributed by atoms with E-state index >= 15 is 0 Å². The lowest BCUT2D eigenvalue weighted by molar-refractivity contribution is -0.140. The van der Waals surface area contributed by atoms with E-state index in [1.54, 1.807) is 0 Å². The predicted octanol–water partition coefficient (Wildman–Crippen LogP) is 4.37. The Morgan fingerprint density at radius 1 is 0.917 bits per heavy atom. The highest BCUT2D eigenvalue weighted by molar-refractivity contribution is 5.75. The third kappa shape index (κ3) is 15.5. The van der Waals surface area contributed by atoms with E-state index in [-0.39, 0.29) is 12.8 Å². The molecule has 0 fully saturated rings. The van der Waals surface area contributed by atoms with Gasteiger partial charge in [-0.3, -0.25) is 9.59 Å². The molecule has 3 N–H and O–H groups in total. The number of carbonyl (C=O) groups is 2. The Labute approximate surface area is 146 Å². The number of nitrogens with one attached hydrogen (secondary N) is 1. The second kappa shape index (κ2) is 16.5. The van der Waals surface area contributed by atoms with Crippen LogP contribution < -0.4 is 5.32 Å². The number of aliphatic carboxylic acids is 2. The second-order valence-electron chi connectivity index (χ2n) is 6.30. The standard InChI is InChI=1S/C19H35NO4/c1-2-3-4-5-6-7-8-9-10-11-12-13-16-20-17(19(23)24)14-15-18(21)22/h5-6,17,20H,2-4,7-16H2,1H3,(H,21,22)(H,23,24)/b6-5-/t17-/m0/s1. The Balaban J connectivity index is 3.44. The van der Waals surface area contributed by atoms with Crippen LogP contribution in [0.5, 0.6) is 0 Å². The van der Waals surface area contributed by atoms with Crippen molar-refractivity contribution in [3.8, 4) is 0 Å². The van der Waals surface area contributed by atoms with Crippen molar-refractivity contribution in [2.24, 2.45) is 0 Å². The molecule has 140 valence electrons. The van der Waals surface area contributed by atoms with Crippen molar-refractivity contribution in [2.45, 2.75) is 90.0 Å². The minimum atomic E-state index is -0.969. The van der Waals surface area contributed by atoms with Gasteiger partial charge in [0.1, 0.15) is 6.04 Å². The molecule has 0 unspecified atom stereocenters. The summed E-state index contributed by atoms with van der Waals surface area (Å²) >= 11 is 0. The summed E-state index contributed by atoms with van der Waals surface area (Å²) in [6, 6.07) is -0.749. The maximum absolute atomic E-state index is 11.0. The highest BCUT2D eigenvalue weighted by atomic mass is 16.4. The molecule has 0 saturated heterocycles. The lowest BCUT2D eigenvalue weighted by atomic mass is 10.1. The molecule has 0 aliphatic heterocycles. The van der Waals surface area contributed by atoms with Crippen LogP contribution in [0, 0.1) is 0 Å². The van der Waals surface area contributed by atoms with Gasteiger partial charge >= 0.3 is 11.9 Å². The van der Waals surface area contributed by atoms with Crippen molar-refractivity contribution in [1.82, 2.24) is 5.32 Å². The number of carboxylic acids is 2. The third-order valence-corrected chi connectivity index (χ3v) is 4.02. The lowest BCUT2D eigenvalue weighted by Crippen LogP contribution is -2.37. The zero-order valence-electron chi connectivity index (χ0n) is 15.1. The molecular formula is C19H35NO4. The van der Waals surface area contributed by atoms with Crippen molar-refractivity contribution in [3.05, 3.63) is 12.2 Å². The molecule has 5 nitrogen and oxygen atoms in total. The second-order valence-corrected chi connectivity index (χ2v) is 6.30. The SMILES string of the molecule is CCCC/C=C\CCCCCCCCN[C@@H](CCC(=O)O)C(=O)O. The van der Waals surface area contributed by atoms with Gasteiger partial charge in [0, 0.05) is 6.42 Å². The van der Waals surface area contributed by atoms with Crippen molar-refractivity contribution < 1.29 is 19.8 Å². The smallest absolute Gasteiger partial charge is 0.320 e. The van der Waals surface area contributed by atoms with Crippen LogP contribution in [0.25, 0.3) is 0 Å². The van der Waals surface area contributed by atoms with E-state index in [2.05, 4.69) is 24.4 Å². The fourth-order valence-electron chi connectivity index (χ4n) is 2.51. The Kier molecular flexibility index (Phi) is 15.6. The number of hydrogen-bond acceptors (Lipinski definition) is 3. The summed E-state index contributed by atoms with van der Waals surface area (Å²) in [5.41, 5.74) is 0. The molecule has 0 amide bonds. The van der Waals surface area contributed by atoms with E-state index < -0.39 is 18.0 Å². The monoisotopic (exact) mass is 341 g/mol. The largest absolute Gasteiger partial charge is 0.481 e. The normalized spacial score (nSPS) is 12.5. The van der Waals surface area contributed by atoms with Gasteiger partial charge in [0.2, 0.25) is 0 Å². The molecule has 0 aliphatic rings. The van der Waals surface area contributed by atoms with E-state index in [1.807, 2.05) is 0 Å². The molecule has 0 bridgehead atoms. The molecule has 0 aromatic heterocycles. The van der Waals surface area contributed by atoms with E-state index in [9.17, 15) is 9.59 Å². The van der Waals surface area contributed by atoms with Crippen LogP contribution in [0.3, 0.4) is 0 Å². The first-order valence-electron chi connectivity index (χ1n) is 9.41. The van der Waals surface area contributed by atoms with Crippen molar-refractivity contribution >= 4 is 11.9 Å². The lowest BCUT2D eigenvalue weighted by Gasteiger charge is -2.13. The molecule has 0 saturated carbocycles. The highest BCUT2D eigenvalue weighted by Gasteiger charge is 2.17. The van der Waals surface area contributed by atoms with Crippen LogP contribution in [0.15, 0.2) is 12.2 Å². The fraction of sp³-hybridized carbons (Fsp3) is 0.789. The number of rotatable bonds is 17. The molecule has 5 heteroatoms. The summed E-state index contributed by atoms with van der Waals surface area (Å²) in [6.45, 7) is 2.85. The average molecular weight is 341 g/mol. The van der Waals surface area contributed by atoms with Gasteiger partial charge in [-0.05, 0) is 38.6 Å². The summed E-state index contributed by atoms with van der Waals surface area (Å²) in [4.78, 5) is 21.5. The van der Waals surface area contributed by atoms with E-state index in [4.69, 9.17) is 10.2 Å². The molecule has 24 heavy (non-hydrogen) atoms. The number of hydrogen-bond donors (Lipinski definition) is 3. The fourth-order valence-corrected chi connectivity index (χ4v) is 2.51. The zero-order valence-corrected chi connectivity index (χ0v) is 15.1. The van der Waals surface area contributed by atoms with Gasteiger partial charge in [0.15, 0.2) is 0 Å². The van der Waals surface area contributed by atoms with Crippen LogP contribution in [-0.2, 0) is 9.59 Å². The molecule has 0 aliphatic carbocycles. The summed E-state index contributed by atoms with van der Waals surface area (Å²) in [5.74, 6) is -1.92. The van der Waals surface area contributed by atoms with Gasteiger partial charge < -0.3 is 15.5 Å². The Morgan fingerprint density at radius 3 is 2.08 bits per heavy atom. The van der Waals surface area contributed by atoms with Crippen LogP contribution in [0.1, 0.15) is 84.0 Å². The quantitative estimate of drug-likeness (QED) is 0.270. The Bertz CT molecular complexity index is 355.